The Morgan fingerprint density at radius 3 is 2.55 bits per heavy atom. The molecule has 2 aromatic carbocycles. The van der Waals surface area contributed by atoms with E-state index in [4.69, 9.17) is 0 Å². The van der Waals surface area contributed by atoms with Gasteiger partial charge >= 0.3 is 0 Å². The molecule has 0 radical (unpaired) electrons. The smallest absolute Gasteiger partial charge is 0.247 e. The average molecular weight is 461 g/mol. The molecule has 3 aromatic rings. The van der Waals surface area contributed by atoms with E-state index in [1.807, 2.05) is 40.6 Å². The Hall–Kier alpha value is -3.25. The topological polar surface area (TPSA) is 40.6 Å². The summed E-state index contributed by atoms with van der Waals surface area (Å²) in [5, 5.41) is 2.05. The standard InChI is InChI=1S/C27H25FN2O2S/c28-21-9-7-20(8-10-21)27-23-15-17-33-24(23)14-16-29(27)26(32)18-30(22-11-12-22)25(31)13-6-19-4-2-1-3-5-19/h1-10,13,15,17,22,27H,11-12,14,16,18H2/b13-6+. The van der Waals surface area contributed by atoms with Crippen LogP contribution in [0.5, 0.6) is 0 Å². The molecule has 2 aliphatic rings. The molecule has 0 N–H and O–H groups in total. The Kier molecular flexibility index (Phi) is 6.09. The van der Waals surface area contributed by atoms with Gasteiger partial charge in [0.05, 0.1) is 6.04 Å². The third-order valence-corrected chi connectivity index (χ3v) is 7.26. The first-order chi connectivity index (χ1) is 16.1. The molecule has 1 saturated carbocycles. The molecule has 33 heavy (non-hydrogen) atoms. The summed E-state index contributed by atoms with van der Waals surface area (Å²) in [5.74, 6) is -0.510. The fourth-order valence-corrected chi connectivity index (χ4v) is 5.33. The molecule has 2 amide bonds. The van der Waals surface area contributed by atoms with E-state index in [9.17, 15) is 14.0 Å². The predicted molar refractivity (Wildman–Crippen MR) is 128 cm³/mol. The van der Waals surface area contributed by atoms with Gasteiger partial charge < -0.3 is 9.80 Å². The molecular formula is C27H25FN2O2S. The van der Waals surface area contributed by atoms with Gasteiger partial charge in [-0.25, -0.2) is 4.39 Å². The molecule has 1 aliphatic heterocycles. The highest BCUT2D eigenvalue weighted by Gasteiger charge is 2.37. The van der Waals surface area contributed by atoms with Crippen LogP contribution in [0.2, 0.25) is 0 Å². The fraction of sp³-hybridized carbons (Fsp3) is 0.259. The number of halogens is 1. The van der Waals surface area contributed by atoms with Crippen molar-refractivity contribution in [1.82, 2.24) is 9.80 Å². The van der Waals surface area contributed by atoms with E-state index < -0.39 is 0 Å². The van der Waals surface area contributed by atoms with Crippen LogP contribution in [0.15, 0.2) is 72.1 Å². The fourth-order valence-electron chi connectivity index (χ4n) is 4.43. The predicted octanol–water partition coefficient (Wildman–Crippen LogP) is 5.07. The number of hydrogen-bond acceptors (Lipinski definition) is 3. The zero-order valence-corrected chi connectivity index (χ0v) is 19.0. The molecule has 168 valence electrons. The van der Waals surface area contributed by atoms with Crippen LogP contribution in [0.25, 0.3) is 6.08 Å². The summed E-state index contributed by atoms with van der Waals surface area (Å²) >= 11 is 1.69. The van der Waals surface area contributed by atoms with Gasteiger partial charge in [-0.2, -0.15) is 0 Å². The molecule has 6 heteroatoms. The molecule has 0 saturated heterocycles. The summed E-state index contributed by atoms with van der Waals surface area (Å²) in [6.45, 7) is 0.640. The van der Waals surface area contributed by atoms with Crippen LogP contribution < -0.4 is 0 Å². The molecule has 1 aromatic heterocycles. The van der Waals surface area contributed by atoms with Crippen molar-refractivity contribution in [2.75, 3.05) is 13.1 Å². The van der Waals surface area contributed by atoms with Crippen molar-refractivity contribution in [2.24, 2.45) is 0 Å². The first-order valence-electron chi connectivity index (χ1n) is 11.2. The Balaban J connectivity index is 1.37. The summed E-state index contributed by atoms with van der Waals surface area (Å²) in [5.41, 5.74) is 2.93. The molecule has 5 rings (SSSR count). The third-order valence-electron chi connectivity index (χ3n) is 6.27. The minimum Gasteiger partial charge on any atom is -0.330 e. The summed E-state index contributed by atoms with van der Waals surface area (Å²) in [6.07, 6.45) is 6.00. The van der Waals surface area contributed by atoms with Gasteiger partial charge in [0.2, 0.25) is 11.8 Å². The lowest BCUT2D eigenvalue weighted by Gasteiger charge is -2.37. The first-order valence-corrected chi connectivity index (χ1v) is 12.1. The van der Waals surface area contributed by atoms with Gasteiger partial charge in [0.1, 0.15) is 12.4 Å². The number of thiophene rings is 1. The molecule has 1 atom stereocenters. The van der Waals surface area contributed by atoms with Crippen molar-refractivity contribution in [3.8, 4) is 0 Å². The van der Waals surface area contributed by atoms with Crippen LogP contribution in [0.3, 0.4) is 0 Å². The second-order valence-corrected chi connectivity index (χ2v) is 9.53. The maximum atomic E-state index is 13.6. The number of carbonyl (C=O) groups is 2. The Labute approximate surface area is 197 Å². The number of fused-ring (bicyclic) bond motifs is 1. The van der Waals surface area contributed by atoms with E-state index >= 15 is 0 Å². The average Bonchev–Trinajstić information content (AvgIpc) is 3.57. The Morgan fingerprint density at radius 1 is 1.06 bits per heavy atom. The van der Waals surface area contributed by atoms with Crippen molar-refractivity contribution in [1.29, 1.82) is 0 Å². The highest BCUT2D eigenvalue weighted by molar-refractivity contribution is 7.10. The summed E-state index contributed by atoms with van der Waals surface area (Å²) in [4.78, 5) is 31.3. The molecule has 2 heterocycles. The lowest BCUT2D eigenvalue weighted by atomic mass is 9.93. The van der Waals surface area contributed by atoms with Crippen molar-refractivity contribution in [3.63, 3.8) is 0 Å². The number of rotatable bonds is 6. The van der Waals surface area contributed by atoms with Gasteiger partial charge in [0, 0.05) is 23.5 Å². The van der Waals surface area contributed by atoms with Crippen molar-refractivity contribution in [3.05, 3.63) is 99.5 Å². The molecule has 0 bridgehead atoms. The Bertz CT molecular complexity index is 1170. The minimum absolute atomic E-state index is 0.0554. The van der Waals surface area contributed by atoms with E-state index in [1.54, 1.807) is 40.5 Å². The van der Waals surface area contributed by atoms with E-state index in [1.165, 1.54) is 17.0 Å². The SMILES string of the molecule is O=C(/C=C/c1ccccc1)N(CC(=O)N1CCc2sccc2C1c1ccc(F)cc1)C1CC1. The van der Waals surface area contributed by atoms with Gasteiger partial charge in [-0.15, -0.1) is 11.3 Å². The van der Waals surface area contributed by atoms with E-state index in [2.05, 4.69) is 6.07 Å². The summed E-state index contributed by atoms with van der Waals surface area (Å²) in [7, 11) is 0. The lowest BCUT2D eigenvalue weighted by molar-refractivity contribution is -0.140. The van der Waals surface area contributed by atoms with E-state index in [0.717, 1.165) is 36.0 Å². The third kappa shape index (κ3) is 4.76. The van der Waals surface area contributed by atoms with Crippen LogP contribution in [-0.2, 0) is 16.0 Å². The van der Waals surface area contributed by atoms with Crippen LogP contribution in [0, 0.1) is 5.82 Å². The summed E-state index contributed by atoms with van der Waals surface area (Å²) in [6, 6.07) is 18.0. The number of amides is 2. The van der Waals surface area contributed by atoms with Gasteiger partial charge in [-0.05, 0) is 65.6 Å². The number of benzene rings is 2. The zero-order valence-electron chi connectivity index (χ0n) is 18.2. The maximum Gasteiger partial charge on any atom is 0.247 e. The van der Waals surface area contributed by atoms with Crippen LogP contribution in [0.4, 0.5) is 4.39 Å². The van der Waals surface area contributed by atoms with Crippen LogP contribution in [0.1, 0.15) is 40.5 Å². The first kappa shape index (κ1) is 21.6. The molecule has 4 nitrogen and oxygen atoms in total. The molecular weight excluding hydrogens is 435 g/mol. The van der Waals surface area contributed by atoms with Crippen LogP contribution in [-0.4, -0.2) is 40.7 Å². The minimum atomic E-state index is -0.298. The van der Waals surface area contributed by atoms with Gasteiger partial charge in [-0.1, -0.05) is 42.5 Å². The monoisotopic (exact) mass is 460 g/mol. The molecule has 1 fully saturated rings. The Morgan fingerprint density at radius 2 is 1.82 bits per heavy atom. The van der Waals surface area contributed by atoms with Crippen molar-refractivity contribution >= 4 is 29.2 Å². The van der Waals surface area contributed by atoms with Crippen LogP contribution >= 0.6 is 11.3 Å². The second kappa shape index (κ2) is 9.32. The summed E-state index contributed by atoms with van der Waals surface area (Å²) < 4.78 is 13.6. The maximum absolute atomic E-state index is 13.6. The molecule has 0 spiro atoms. The zero-order chi connectivity index (χ0) is 22.8. The van der Waals surface area contributed by atoms with Gasteiger partial charge in [-0.3, -0.25) is 9.59 Å². The van der Waals surface area contributed by atoms with E-state index in [-0.39, 0.29) is 36.3 Å². The number of nitrogens with zero attached hydrogens (tertiary/aromatic N) is 2. The molecule has 1 aliphatic carbocycles. The van der Waals surface area contributed by atoms with E-state index in [0.29, 0.717) is 6.54 Å². The molecule has 1 unspecified atom stereocenters. The van der Waals surface area contributed by atoms with Crippen molar-refractivity contribution in [2.45, 2.75) is 31.3 Å². The van der Waals surface area contributed by atoms with Gasteiger partial charge in [0.25, 0.3) is 0 Å². The van der Waals surface area contributed by atoms with Gasteiger partial charge in [0.15, 0.2) is 0 Å². The number of carbonyl (C=O) groups excluding carboxylic acids is 2. The quantitative estimate of drug-likeness (QED) is 0.482. The second-order valence-electron chi connectivity index (χ2n) is 8.53. The van der Waals surface area contributed by atoms with Crippen molar-refractivity contribution < 1.29 is 14.0 Å². The highest BCUT2D eigenvalue weighted by Crippen LogP contribution is 2.38. The highest BCUT2D eigenvalue weighted by atomic mass is 32.1. The normalized spacial score (nSPS) is 17.7. The number of hydrogen-bond donors (Lipinski definition) is 0. The lowest BCUT2D eigenvalue weighted by Crippen LogP contribution is -2.47. The largest absolute Gasteiger partial charge is 0.330 e.